The third-order valence-electron chi connectivity index (χ3n) is 2.54. The fraction of sp³-hybridized carbons (Fsp3) is 0.0769. The second-order valence-corrected chi connectivity index (χ2v) is 5.26. The van der Waals surface area contributed by atoms with Crippen molar-refractivity contribution in [3.8, 4) is 0 Å². The SMILES string of the molecule is O=[S@](Cc1ccccc1)c1c(F)c(F)c(F)c(F)c1F. The molecule has 0 bridgehead atoms. The van der Waals surface area contributed by atoms with Crippen LogP contribution < -0.4 is 0 Å². The van der Waals surface area contributed by atoms with Gasteiger partial charge >= 0.3 is 0 Å². The van der Waals surface area contributed by atoms with Gasteiger partial charge in [-0.2, -0.15) is 0 Å². The predicted octanol–water partition coefficient (Wildman–Crippen LogP) is 3.69. The minimum Gasteiger partial charge on any atom is -0.254 e. The topological polar surface area (TPSA) is 17.1 Å². The first-order valence-electron chi connectivity index (χ1n) is 5.37. The van der Waals surface area contributed by atoms with Crippen LogP contribution in [0, 0.1) is 29.1 Å². The zero-order valence-electron chi connectivity index (χ0n) is 9.80. The Hall–Kier alpha value is -1.76. The van der Waals surface area contributed by atoms with Crippen molar-refractivity contribution < 1.29 is 26.2 Å². The predicted molar refractivity (Wildman–Crippen MR) is 62.8 cm³/mol. The molecular formula is C13H7F5OS. The highest BCUT2D eigenvalue weighted by Crippen LogP contribution is 2.26. The van der Waals surface area contributed by atoms with Crippen molar-refractivity contribution in [1.82, 2.24) is 0 Å². The lowest BCUT2D eigenvalue weighted by Crippen LogP contribution is -2.10. The number of halogens is 5. The van der Waals surface area contributed by atoms with Crippen LogP contribution >= 0.6 is 0 Å². The highest BCUT2D eigenvalue weighted by molar-refractivity contribution is 7.84. The average molecular weight is 306 g/mol. The maximum atomic E-state index is 13.4. The Balaban J connectivity index is 2.45. The zero-order chi connectivity index (χ0) is 14.9. The fourth-order valence-corrected chi connectivity index (χ4v) is 2.80. The van der Waals surface area contributed by atoms with E-state index >= 15 is 0 Å². The molecule has 106 valence electrons. The summed E-state index contributed by atoms with van der Waals surface area (Å²) in [6, 6.07) is 7.94. The summed E-state index contributed by atoms with van der Waals surface area (Å²) in [5, 5.41) is 0. The third kappa shape index (κ3) is 2.58. The Morgan fingerprint density at radius 3 is 1.70 bits per heavy atom. The van der Waals surface area contributed by atoms with E-state index in [1.54, 1.807) is 18.2 Å². The maximum absolute atomic E-state index is 13.4. The lowest BCUT2D eigenvalue weighted by molar-refractivity contribution is 0.359. The quantitative estimate of drug-likeness (QED) is 0.480. The number of hydrogen-bond donors (Lipinski definition) is 0. The molecule has 2 aromatic carbocycles. The molecule has 2 rings (SSSR count). The Bertz CT molecular complexity index is 643. The molecule has 1 atom stereocenters. The molecule has 20 heavy (non-hydrogen) atoms. The molecule has 2 aromatic rings. The van der Waals surface area contributed by atoms with Crippen molar-refractivity contribution in [2.75, 3.05) is 0 Å². The van der Waals surface area contributed by atoms with Gasteiger partial charge in [0.05, 0.1) is 16.6 Å². The molecule has 0 unspecified atom stereocenters. The summed E-state index contributed by atoms with van der Waals surface area (Å²) in [6.07, 6.45) is 0. The molecule has 0 amide bonds. The van der Waals surface area contributed by atoms with Crippen molar-refractivity contribution in [1.29, 1.82) is 0 Å². The summed E-state index contributed by atoms with van der Waals surface area (Å²) < 4.78 is 77.6. The van der Waals surface area contributed by atoms with Crippen LogP contribution in [0.4, 0.5) is 22.0 Å². The van der Waals surface area contributed by atoms with Crippen molar-refractivity contribution in [2.45, 2.75) is 10.6 Å². The second kappa shape index (κ2) is 5.70. The number of benzene rings is 2. The van der Waals surface area contributed by atoms with Gasteiger partial charge in [-0.05, 0) is 5.56 Å². The van der Waals surface area contributed by atoms with Crippen molar-refractivity contribution in [3.63, 3.8) is 0 Å². The summed E-state index contributed by atoms with van der Waals surface area (Å²) >= 11 is 0. The number of rotatable bonds is 3. The van der Waals surface area contributed by atoms with Crippen molar-refractivity contribution in [2.24, 2.45) is 0 Å². The van der Waals surface area contributed by atoms with Crippen molar-refractivity contribution >= 4 is 10.8 Å². The summed E-state index contributed by atoms with van der Waals surface area (Å²) in [6.45, 7) is 0. The van der Waals surface area contributed by atoms with Gasteiger partial charge in [-0.15, -0.1) is 0 Å². The monoisotopic (exact) mass is 306 g/mol. The fourth-order valence-electron chi connectivity index (χ4n) is 1.58. The first-order chi connectivity index (χ1) is 9.43. The molecule has 0 heterocycles. The van der Waals surface area contributed by atoms with Gasteiger partial charge in [0.15, 0.2) is 23.3 Å². The molecule has 0 radical (unpaired) electrons. The molecule has 0 aliphatic carbocycles. The molecule has 0 saturated heterocycles. The normalized spacial score (nSPS) is 12.4. The molecule has 1 nitrogen and oxygen atoms in total. The Morgan fingerprint density at radius 2 is 1.20 bits per heavy atom. The standard InChI is InChI=1S/C13H7F5OS/c14-8-9(15)11(17)13(12(18)10(8)16)20(19)6-7-4-2-1-3-5-7/h1-5H,6H2/t20-/m1/s1. The van der Waals surface area contributed by atoms with Crippen LogP contribution in [-0.4, -0.2) is 4.21 Å². The zero-order valence-corrected chi connectivity index (χ0v) is 10.6. The van der Waals surface area contributed by atoms with E-state index in [1.807, 2.05) is 0 Å². The van der Waals surface area contributed by atoms with E-state index in [-0.39, 0.29) is 5.75 Å². The molecular weight excluding hydrogens is 299 g/mol. The molecule has 0 aromatic heterocycles. The Morgan fingerprint density at radius 1 is 0.750 bits per heavy atom. The van der Waals surface area contributed by atoms with E-state index in [4.69, 9.17) is 0 Å². The van der Waals surface area contributed by atoms with Crippen LogP contribution in [0.15, 0.2) is 35.2 Å². The Labute approximate surface area is 113 Å². The van der Waals surface area contributed by atoms with Crippen LogP contribution in [0.2, 0.25) is 0 Å². The molecule has 0 saturated carbocycles. The minimum absolute atomic E-state index is 0.348. The summed E-state index contributed by atoms with van der Waals surface area (Å²) in [5.41, 5.74) is 0.453. The van der Waals surface area contributed by atoms with E-state index in [2.05, 4.69) is 0 Å². The molecule has 0 spiro atoms. The molecule has 0 aliphatic rings. The van der Waals surface area contributed by atoms with Crippen LogP contribution in [0.3, 0.4) is 0 Å². The van der Waals surface area contributed by atoms with Crippen LogP contribution in [0.1, 0.15) is 5.56 Å². The van der Waals surface area contributed by atoms with Gasteiger partial charge in [0, 0.05) is 0 Å². The van der Waals surface area contributed by atoms with E-state index in [1.165, 1.54) is 12.1 Å². The van der Waals surface area contributed by atoms with E-state index in [0.29, 0.717) is 5.56 Å². The summed E-state index contributed by atoms with van der Waals surface area (Å²) in [7, 11) is -2.38. The van der Waals surface area contributed by atoms with Gasteiger partial charge in [0.25, 0.3) is 0 Å². The van der Waals surface area contributed by atoms with Crippen LogP contribution in [0.25, 0.3) is 0 Å². The van der Waals surface area contributed by atoms with E-state index in [9.17, 15) is 26.2 Å². The van der Waals surface area contributed by atoms with Gasteiger partial charge in [-0.25, -0.2) is 22.0 Å². The lowest BCUT2D eigenvalue weighted by atomic mass is 10.2. The van der Waals surface area contributed by atoms with Gasteiger partial charge in [-0.1, -0.05) is 30.3 Å². The van der Waals surface area contributed by atoms with E-state index in [0.717, 1.165) is 0 Å². The van der Waals surface area contributed by atoms with E-state index < -0.39 is 44.8 Å². The first kappa shape index (κ1) is 14.6. The van der Waals surface area contributed by atoms with Gasteiger partial charge in [0.1, 0.15) is 4.90 Å². The van der Waals surface area contributed by atoms with Gasteiger partial charge in [0.2, 0.25) is 5.82 Å². The molecule has 0 fully saturated rings. The minimum atomic E-state index is -2.38. The van der Waals surface area contributed by atoms with Crippen LogP contribution in [0.5, 0.6) is 0 Å². The third-order valence-corrected chi connectivity index (χ3v) is 3.95. The molecule has 0 N–H and O–H groups in total. The summed E-state index contributed by atoms with van der Waals surface area (Å²) in [5.74, 6) is -10.9. The largest absolute Gasteiger partial charge is 0.254 e. The highest BCUT2D eigenvalue weighted by atomic mass is 32.2. The maximum Gasteiger partial charge on any atom is 0.200 e. The number of hydrogen-bond acceptors (Lipinski definition) is 1. The van der Waals surface area contributed by atoms with Crippen LogP contribution in [-0.2, 0) is 16.6 Å². The smallest absolute Gasteiger partial charge is 0.200 e. The first-order valence-corrected chi connectivity index (χ1v) is 6.69. The summed E-state index contributed by atoms with van der Waals surface area (Å²) in [4.78, 5) is -1.30. The van der Waals surface area contributed by atoms with Gasteiger partial charge in [-0.3, -0.25) is 4.21 Å². The molecule has 7 heteroatoms. The highest BCUT2D eigenvalue weighted by Gasteiger charge is 2.28. The van der Waals surface area contributed by atoms with Gasteiger partial charge < -0.3 is 0 Å². The lowest BCUT2D eigenvalue weighted by Gasteiger charge is -2.08. The average Bonchev–Trinajstić information content (AvgIpc) is 2.44. The molecule has 0 aliphatic heterocycles. The Kier molecular flexibility index (Phi) is 4.17. The van der Waals surface area contributed by atoms with Crippen molar-refractivity contribution in [3.05, 3.63) is 65.0 Å². The second-order valence-electron chi connectivity index (χ2n) is 3.87.